The van der Waals surface area contributed by atoms with E-state index >= 15 is 0 Å². The number of carbonyl (C=O) groups excluding carboxylic acids is 1. The molecule has 164 valence electrons. The number of nitrogens with zero attached hydrogens (tertiary/aromatic N) is 3. The highest BCUT2D eigenvalue weighted by Crippen LogP contribution is 2.08. The zero-order chi connectivity index (χ0) is 20.4. The van der Waals surface area contributed by atoms with Gasteiger partial charge in [0.15, 0.2) is 5.96 Å². The first-order chi connectivity index (χ1) is 13.5. The van der Waals surface area contributed by atoms with Crippen molar-refractivity contribution in [1.82, 2.24) is 20.4 Å². The van der Waals surface area contributed by atoms with Crippen molar-refractivity contribution < 1.29 is 9.53 Å². The molecule has 1 saturated heterocycles. The Morgan fingerprint density at radius 2 is 2.00 bits per heavy atom. The van der Waals surface area contributed by atoms with E-state index in [2.05, 4.69) is 35.4 Å². The quantitative estimate of drug-likeness (QED) is 0.313. The Bertz CT molecular complexity index is 648. The summed E-state index contributed by atoms with van der Waals surface area (Å²) in [5, 5.41) is 6.71. The maximum absolute atomic E-state index is 12.1. The minimum Gasteiger partial charge on any atom is -0.379 e. The number of rotatable bonds is 8. The number of carbonyl (C=O) groups is 1. The Kier molecular flexibility index (Phi) is 12.2. The SMILES string of the molecule is CCNC(=NCC(C)N1CCOCC1)NCCc1cccc(C(=O)N(C)C)c1.I. The van der Waals surface area contributed by atoms with Crippen molar-refractivity contribution in [3.63, 3.8) is 0 Å². The third kappa shape index (κ3) is 8.88. The summed E-state index contributed by atoms with van der Waals surface area (Å²) in [6.45, 7) is 10.2. The van der Waals surface area contributed by atoms with Crippen molar-refractivity contribution in [2.24, 2.45) is 4.99 Å². The number of morpholine rings is 1. The number of halogens is 1. The molecule has 1 aliphatic heterocycles. The van der Waals surface area contributed by atoms with Gasteiger partial charge in [0.25, 0.3) is 5.91 Å². The molecule has 1 aliphatic rings. The van der Waals surface area contributed by atoms with Crippen LogP contribution in [-0.2, 0) is 11.2 Å². The average molecular weight is 517 g/mol. The maximum atomic E-state index is 12.1. The molecule has 1 amide bonds. The molecule has 1 aromatic rings. The zero-order valence-corrected chi connectivity index (χ0v) is 20.4. The lowest BCUT2D eigenvalue weighted by atomic mass is 10.1. The Hall–Kier alpha value is -1.39. The van der Waals surface area contributed by atoms with E-state index in [9.17, 15) is 4.79 Å². The molecule has 0 aromatic heterocycles. The predicted molar refractivity (Wildman–Crippen MR) is 129 cm³/mol. The predicted octanol–water partition coefficient (Wildman–Crippen LogP) is 1.82. The number of benzene rings is 1. The molecule has 2 N–H and O–H groups in total. The number of aliphatic imine (C=N–C) groups is 1. The summed E-state index contributed by atoms with van der Waals surface area (Å²) in [4.78, 5) is 20.9. The first-order valence-corrected chi connectivity index (χ1v) is 10.2. The lowest BCUT2D eigenvalue weighted by Gasteiger charge is -2.31. The van der Waals surface area contributed by atoms with Crippen LogP contribution in [0.1, 0.15) is 29.8 Å². The van der Waals surface area contributed by atoms with E-state index in [1.807, 2.05) is 18.2 Å². The van der Waals surface area contributed by atoms with Gasteiger partial charge < -0.3 is 20.3 Å². The van der Waals surface area contributed by atoms with Crippen LogP contribution in [0.3, 0.4) is 0 Å². The van der Waals surface area contributed by atoms with Gasteiger partial charge in [-0.15, -0.1) is 24.0 Å². The molecule has 1 heterocycles. The molecule has 1 aromatic carbocycles. The van der Waals surface area contributed by atoms with Crippen LogP contribution in [-0.4, -0.2) is 87.7 Å². The first-order valence-electron chi connectivity index (χ1n) is 10.2. The molecule has 2 rings (SSSR count). The van der Waals surface area contributed by atoms with Crippen LogP contribution < -0.4 is 10.6 Å². The van der Waals surface area contributed by atoms with Gasteiger partial charge in [0.1, 0.15) is 0 Å². The fourth-order valence-corrected chi connectivity index (χ4v) is 3.14. The van der Waals surface area contributed by atoms with Gasteiger partial charge in [0.2, 0.25) is 0 Å². The summed E-state index contributed by atoms with van der Waals surface area (Å²) in [7, 11) is 3.54. The van der Waals surface area contributed by atoms with Gasteiger partial charge in [0, 0.05) is 51.9 Å². The van der Waals surface area contributed by atoms with Crippen LogP contribution in [0.15, 0.2) is 29.3 Å². The summed E-state index contributed by atoms with van der Waals surface area (Å²) >= 11 is 0. The van der Waals surface area contributed by atoms with Crippen LogP contribution in [0.2, 0.25) is 0 Å². The smallest absolute Gasteiger partial charge is 0.253 e. The number of guanidine groups is 1. The van der Waals surface area contributed by atoms with Gasteiger partial charge in [-0.05, 0) is 38.0 Å². The molecule has 29 heavy (non-hydrogen) atoms. The number of hydrogen-bond donors (Lipinski definition) is 2. The number of nitrogens with one attached hydrogen (secondary N) is 2. The van der Waals surface area contributed by atoms with E-state index in [1.165, 1.54) is 0 Å². The van der Waals surface area contributed by atoms with Gasteiger partial charge in [0.05, 0.1) is 19.8 Å². The fraction of sp³-hybridized carbons (Fsp3) is 0.619. The van der Waals surface area contributed by atoms with Gasteiger partial charge in [-0.1, -0.05) is 12.1 Å². The molecule has 1 unspecified atom stereocenters. The summed E-state index contributed by atoms with van der Waals surface area (Å²) in [5.41, 5.74) is 1.86. The van der Waals surface area contributed by atoms with Gasteiger partial charge in [-0.3, -0.25) is 14.7 Å². The van der Waals surface area contributed by atoms with Crippen LogP contribution in [0.25, 0.3) is 0 Å². The van der Waals surface area contributed by atoms with Gasteiger partial charge >= 0.3 is 0 Å². The van der Waals surface area contributed by atoms with Crippen LogP contribution in [0, 0.1) is 0 Å². The summed E-state index contributed by atoms with van der Waals surface area (Å²) < 4.78 is 5.42. The largest absolute Gasteiger partial charge is 0.379 e. The highest BCUT2D eigenvalue weighted by Gasteiger charge is 2.16. The number of ether oxygens (including phenoxy) is 1. The Labute approximate surface area is 192 Å². The lowest BCUT2D eigenvalue weighted by molar-refractivity contribution is 0.0220. The third-order valence-electron chi connectivity index (χ3n) is 4.81. The Morgan fingerprint density at radius 1 is 1.28 bits per heavy atom. The average Bonchev–Trinajstić information content (AvgIpc) is 2.72. The number of hydrogen-bond acceptors (Lipinski definition) is 4. The molecule has 0 saturated carbocycles. The van der Waals surface area contributed by atoms with E-state index < -0.39 is 0 Å². The van der Waals surface area contributed by atoms with Crippen molar-refractivity contribution in [1.29, 1.82) is 0 Å². The molecular weight excluding hydrogens is 481 g/mol. The van der Waals surface area contributed by atoms with E-state index in [4.69, 9.17) is 9.73 Å². The minimum atomic E-state index is 0. The Balaban J connectivity index is 0.00000420. The van der Waals surface area contributed by atoms with E-state index in [0.29, 0.717) is 6.04 Å². The van der Waals surface area contributed by atoms with Crippen molar-refractivity contribution in [3.05, 3.63) is 35.4 Å². The second-order valence-corrected chi connectivity index (χ2v) is 7.29. The third-order valence-corrected chi connectivity index (χ3v) is 4.81. The lowest BCUT2D eigenvalue weighted by Crippen LogP contribution is -2.44. The Morgan fingerprint density at radius 3 is 2.66 bits per heavy atom. The van der Waals surface area contributed by atoms with Crippen LogP contribution in [0.4, 0.5) is 0 Å². The molecule has 0 radical (unpaired) electrons. The second-order valence-electron chi connectivity index (χ2n) is 7.29. The highest BCUT2D eigenvalue weighted by atomic mass is 127. The van der Waals surface area contributed by atoms with E-state index in [0.717, 1.165) is 69.4 Å². The van der Waals surface area contributed by atoms with E-state index in [-0.39, 0.29) is 29.9 Å². The summed E-state index contributed by atoms with van der Waals surface area (Å²) in [6.07, 6.45) is 0.831. The second kappa shape index (κ2) is 13.8. The topological polar surface area (TPSA) is 69.2 Å². The van der Waals surface area contributed by atoms with Crippen LogP contribution in [0.5, 0.6) is 0 Å². The molecular formula is C21H36IN5O2. The summed E-state index contributed by atoms with van der Waals surface area (Å²) in [5.74, 6) is 0.866. The molecule has 0 spiro atoms. The number of amides is 1. The van der Waals surface area contributed by atoms with Crippen molar-refractivity contribution >= 4 is 35.8 Å². The zero-order valence-electron chi connectivity index (χ0n) is 18.1. The molecule has 0 bridgehead atoms. The molecule has 1 atom stereocenters. The molecule has 8 heteroatoms. The maximum Gasteiger partial charge on any atom is 0.253 e. The molecule has 7 nitrogen and oxygen atoms in total. The molecule has 0 aliphatic carbocycles. The normalized spacial score (nSPS) is 15.9. The van der Waals surface area contributed by atoms with Gasteiger partial charge in [-0.25, -0.2) is 0 Å². The van der Waals surface area contributed by atoms with Crippen molar-refractivity contribution in [3.8, 4) is 0 Å². The monoisotopic (exact) mass is 517 g/mol. The first kappa shape index (κ1) is 25.6. The van der Waals surface area contributed by atoms with E-state index in [1.54, 1.807) is 19.0 Å². The summed E-state index contributed by atoms with van der Waals surface area (Å²) in [6, 6.07) is 8.22. The van der Waals surface area contributed by atoms with Crippen molar-refractivity contribution in [2.45, 2.75) is 26.3 Å². The van der Waals surface area contributed by atoms with Gasteiger partial charge in [-0.2, -0.15) is 0 Å². The standard InChI is InChI=1S/C21H35N5O2.HI/c1-5-22-21(24-16-17(2)26-11-13-28-14-12-26)23-10-9-18-7-6-8-19(15-18)20(27)25(3)4;/h6-8,15,17H,5,9-14,16H2,1-4H3,(H2,22,23,24);1H. The molecule has 1 fully saturated rings. The highest BCUT2D eigenvalue weighted by molar-refractivity contribution is 14.0. The fourth-order valence-electron chi connectivity index (χ4n) is 3.14. The van der Waals surface area contributed by atoms with Crippen LogP contribution >= 0.6 is 24.0 Å². The van der Waals surface area contributed by atoms with Crippen molar-refractivity contribution in [2.75, 3.05) is 60.0 Å². The minimum absolute atomic E-state index is 0.